The monoisotopic (exact) mass is 368 g/mol. The Morgan fingerprint density at radius 3 is 2.32 bits per heavy atom. The van der Waals surface area contributed by atoms with E-state index in [9.17, 15) is 4.79 Å². The van der Waals surface area contributed by atoms with Crippen LogP contribution in [0.15, 0.2) is 77.6 Å². The number of aromatic nitrogens is 2. The third-order valence-corrected chi connectivity index (χ3v) is 4.63. The van der Waals surface area contributed by atoms with E-state index in [0.29, 0.717) is 16.7 Å². The first-order valence-corrected chi connectivity index (χ1v) is 9.07. The van der Waals surface area contributed by atoms with Gasteiger partial charge in [0.1, 0.15) is 11.6 Å². The number of benzene rings is 3. The van der Waals surface area contributed by atoms with Crippen molar-refractivity contribution in [3.05, 3.63) is 100 Å². The van der Waals surface area contributed by atoms with Gasteiger partial charge >= 0.3 is 0 Å². The molecule has 0 atom stereocenters. The Morgan fingerprint density at radius 1 is 0.893 bits per heavy atom. The summed E-state index contributed by atoms with van der Waals surface area (Å²) in [6.45, 7) is 2.06. The van der Waals surface area contributed by atoms with Crippen molar-refractivity contribution in [1.29, 1.82) is 0 Å². The predicted molar refractivity (Wildman–Crippen MR) is 114 cm³/mol. The Labute approximate surface area is 163 Å². The average Bonchev–Trinajstić information content (AvgIpc) is 2.74. The quantitative estimate of drug-likeness (QED) is 0.516. The van der Waals surface area contributed by atoms with Gasteiger partial charge in [-0.2, -0.15) is 0 Å². The van der Waals surface area contributed by atoms with Crippen LogP contribution in [0.4, 0.5) is 0 Å². The van der Waals surface area contributed by atoms with Crippen molar-refractivity contribution in [1.82, 2.24) is 9.55 Å². The molecule has 4 rings (SSSR count). The van der Waals surface area contributed by atoms with E-state index in [2.05, 4.69) is 19.1 Å². The van der Waals surface area contributed by atoms with Gasteiger partial charge in [-0.1, -0.05) is 48.0 Å². The number of rotatable bonds is 4. The molecule has 4 heteroatoms. The minimum absolute atomic E-state index is 0.0978. The van der Waals surface area contributed by atoms with E-state index >= 15 is 0 Å². The van der Waals surface area contributed by atoms with Crippen LogP contribution in [-0.2, 0) is 0 Å². The van der Waals surface area contributed by atoms with E-state index < -0.39 is 0 Å². The lowest BCUT2D eigenvalue weighted by Gasteiger charge is -2.12. The normalized spacial score (nSPS) is 11.2. The maximum Gasteiger partial charge on any atom is 0.266 e. The van der Waals surface area contributed by atoms with Gasteiger partial charge in [0.05, 0.1) is 23.7 Å². The molecular weight excluding hydrogens is 348 g/mol. The molecule has 4 nitrogen and oxygen atoms in total. The standard InChI is InChI=1S/C24H20N2O2/c1-17-7-9-18(10-8-17)11-16-23-25-22-6-4-3-5-21(22)24(27)26(23)19-12-14-20(28-2)15-13-19/h3-16H,1-2H3/b16-11+. The molecule has 1 aromatic heterocycles. The third kappa shape index (κ3) is 3.45. The van der Waals surface area contributed by atoms with E-state index in [1.54, 1.807) is 17.7 Å². The molecule has 0 amide bonds. The largest absolute Gasteiger partial charge is 0.497 e. The lowest BCUT2D eigenvalue weighted by molar-refractivity contribution is 0.414. The molecule has 0 bridgehead atoms. The Balaban J connectivity index is 1.89. The summed E-state index contributed by atoms with van der Waals surface area (Å²) < 4.78 is 6.87. The Hall–Kier alpha value is -3.66. The van der Waals surface area contributed by atoms with E-state index in [0.717, 1.165) is 17.0 Å². The summed E-state index contributed by atoms with van der Waals surface area (Å²) in [4.78, 5) is 18.0. The van der Waals surface area contributed by atoms with Crippen molar-refractivity contribution in [2.45, 2.75) is 6.92 Å². The second-order valence-electron chi connectivity index (χ2n) is 6.57. The van der Waals surface area contributed by atoms with Crippen LogP contribution >= 0.6 is 0 Å². The van der Waals surface area contributed by atoms with Crippen LogP contribution in [0.1, 0.15) is 17.0 Å². The molecule has 0 N–H and O–H groups in total. The molecule has 0 fully saturated rings. The van der Waals surface area contributed by atoms with Gasteiger partial charge in [0.2, 0.25) is 0 Å². The molecule has 0 unspecified atom stereocenters. The van der Waals surface area contributed by atoms with E-state index in [-0.39, 0.29) is 5.56 Å². The van der Waals surface area contributed by atoms with Crippen LogP contribution < -0.4 is 10.3 Å². The highest BCUT2D eigenvalue weighted by molar-refractivity contribution is 5.80. The molecule has 0 saturated carbocycles. The van der Waals surface area contributed by atoms with Crippen LogP contribution in [0.5, 0.6) is 5.75 Å². The van der Waals surface area contributed by atoms with E-state index in [4.69, 9.17) is 9.72 Å². The average molecular weight is 368 g/mol. The van der Waals surface area contributed by atoms with Crippen LogP contribution in [0.25, 0.3) is 28.7 Å². The van der Waals surface area contributed by atoms with Gasteiger partial charge in [-0.05, 0) is 55.0 Å². The first-order chi connectivity index (χ1) is 13.7. The minimum atomic E-state index is -0.0978. The fourth-order valence-corrected chi connectivity index (χ4v) is 3.09. The zero-order chi connectivity index (χ0) is 19.5. The molecule has 0 saturated heterocycles. The number of aryl methyl sites for hydroxylation is 1. The van der Waals surface area contributed by atoms with Crippen molar-refractivity contribution in [2.75, 3.05) is 7.11 Å². The molecule has 4 aromatic rings. The van der Waals surface area contributed by atoms with Gasteiger partial charge in [0.25, 0.3) is 5.56 Å². The summed E-state index contributed by atoms with van der Waals surface area (Å²) in [6.07, 6.45) is 3.85. The van der Waals surface area contributed by atoms with Crippen molar-refractivity contribution < 1.29 is 4.74 Å². The second-order valence-corrected chi connectivity index (χ2v) is 6.57. The summed E-state index contributed by atoms with van der Waals surface area (Å²) in [5, 5.41) is 0.589. The summed E-state index contributed by atoms with van der Waals surface area (Å²) in [7, 11) is 1.62. The van der Waals surface area contributed by atoms with Crippen molar-refractivity contribution >= 4 is 23.1 Å². The molecule has 3 aromatic carbocycles. The van der Waals surface area contributed by atoms with Gasteiger partial charge in [-0.15, -0.1) is 0 Å². The summed E-state index contributed by atoms with van der Waals surface area (Å²) >= 11 is 0. The molecular formula is C24H20N2O2. The molecule has 0 radical (unpaired) electrons. The van der Waals surface area contributed by atoms with Crippen LogP contribution in [0.3, 0.4) is 0 Å². The highest BCUT2D eigenvalue weighted by Gasteiger charge is 2.11. The fraction of sp³-hybridized carbons (Fsp3) is 0.0833. The van der Waals surface area contributed by atoms with E-state index in [1.807, 2.05) is 66.7 Å². The Kier molecular flexibility index (Phi) is 4.77. The molecule has 28 heavy (non-hydrogen) atoms. The highest BCUT2D eigenvalue weighted by Crippen LogP contribution is 2.18. The SMILES string of the molecule is COc1ccc(-n2c(/C=C/c3ccc(C)cc3)nc3ccccc3c2=O)cc1. The highest BCUT2D eigenvalue weighted by atomic mass is 16.5. The van der Waals surface area contributed by atoms with Gasteiger partial charge in [0, 0.05) is 0 Å². The van der Waals surface area contributed by atoms with Crippen LogP contribution in [0.2, 0.25) is 0 Å². The lowest BCUT2D eigenvalue weighted by atomic mass is 10.1. The fourth-order valence-electron chi connectivity index (χ4n) is 3.09. The predicted octanol–water partition coefficient (Wildman–Crippen LogP) is 4.87. The molecule has 0 aliphatic heterocycles. The zero-order valence-electron chi connectivity index (χ0n) is 15.8. The maximum absolute atomic E-state index is 13.2. The first kappa shape index (κ1) is 17.7. The number of nitrogens with zero attached hydrogens (tertiary/aromatic N) is 2. The molecule has 1 heterocycles. The van der Waals surface area contributed by atoms with Gasteiger partial charge in [-0.25, -0.2) is 4.98 Å². The number of ether oxygens (including phenoxy) is 1. The Morgan fingerprint density at radius 2 is 1.61 bits per heavy atom. The zero-order valence-corrected chi connectivity index (χ0v) is 15.8. The molecule has 0 aliphatic rings. The van der Waals surface area contributed by atoms with Gasteiger partial charge in [0.15, 0.2) is 0 Å². The summed E-state index contributed by atoms with van der Waals surface area (Å²) in [5.74, 6) is 1.32. The molecule has 0 aliphatic carbocycles. The van der Waals surface area contributed by atoms with Crippen molar-refractivity contribution in [3.8, 4) is 11.4 Å². The van der Waals surface area contributed by atoms with Crippen LogP contribution in [0, 0.1) is 6.92 Å². The number of para-hydroxylation sites is 1. The minimum Gasteiger partial charge on any atom is -0.497 e. The van der Waals surface area contributed by atoms with Gasteiger partial charge < -0.3 is 4.74 Å². The lowest BCUT2D eigenvalue weighted by Crippen LogP contribution is -2.22. The van der Waals surface area contributed by atoms with E-state index in [1.165, 1.54) is 5.56 Å². The Bertz CT molecular complexity index is 1200. The smallest absolute Gasteiger partial charge is 0.266 e. The maximum atomic E-state index is 13.2. The summed E-state index contributed by atoms with van der Waals surface area (Å²) in [5.41, 5.74) is 3.58. The first-order valence-electron chi connectivity index (χ1n) is 9.07. The number of hydrogen-bond acceptors (Lipinski definition) is 3. The number of fused-ring (bicyclic) bond motifs is 1. The molecule has 0 spiro atoms. The van der Waals surface area contributed by atoms with Crippen LogP contribution in [-0.4, -0.2) is 16.7 Å². The molecule has 138 valence electrons. The van der Waals surface area contributed by atoms with Crippen molar-refractivity contribution in [2.24, 2.45) is 0 Å². The van der Waals surface area contributed by atoms with Crippen molar-refractivity contribution in [3.63, 3.8) is 0 Å². The van der Waals surface area contributed by atoms with Gasteiger partial charge in [-0.3, -0.25) is 9.36 Å². The second kappa shape index (κ2) is 7.53. The number of methoxy groups -OCH3 is 1. The number of hydrogen-bond donors (Lipinski definition) is 0. The third-order valence-electron chi connectivity index (χ3n) is 4.63. The topological polar surface area (TPSA) is 44.1 Å². The summed E-state index contributed by atoms with van der Waals surface area (Å²) in [6, 6.07) is 23.0.